The molecule has 0 aliphatic carbocycles. The Morgan fingerprint density at radius 3 is 2.24 bits per heavy atom. The van der Waals surface area contributed by atoms with E-state index in [1.54, 1.807) is 0 Å². The molecule has 1 aliphatic heterocycles. The summed E-state index contributed by atoms with van der Waals surface area (Å²) in [7, 11) is -8.02. The van der Waals surface area contributed by atoms with Gasteiger partial charge < -0.3 is 9.84 Å². The molecule has 0 saturated carbocycles. The van der Waals surface area contributed by atoms with Crippen molar-refractivity contribution in [3.8, 4) is 5.75 Å². The van der Waals surface area contributed by atoms with Crippen molar-refractivity contribution in [2.24, 2.45) is 0 Å². The van der Waals surface area contributed by atoms with Crippen LogP contribution in [-0.4, -0.2) is 68.5 Å². The Hall–Kier alpha value is -2.68. The van der Waals surface area contributed by atoms with Gasteiger partial charge in [0.1, 0.15) is 18.4 Å². The Balaban J connectivity index is 1.77. The second-order valence-corrected chi connectivity index (χ2v) is 11.4. The van der Waals surface area contributed by atoms with Crippen molar-refractivity contribution in [1.29, 1.82) is 0 Å². The first-order valence-electron chi connectivity index (χ1n) is 9.79. The molecule has 0 radical (unpaired) electrons. The summed E-state index contributed by atoms with van der Waals surface area (Å²) in [5.74, 6) is -1.40. The van der Waals surface area contributed by atoms with Crippen molar-refractivity contribution in [2.45, 2.75) is 23.7 Å². The largest absolute Gasteiger partial charge is 0.489 e. The Kier molecular flexibility index (Phi) is 7.26. The summed E-state index contributed by atoms with van der Waals surface area (Å²) in [4.78, 5) is 11.4. The Labute approximate surface area is 194 Å². The standard InChI is InChI=1S/C20H21F3N2O7S2/c1-33(28,29)24-10-11-25(18(12-24)19(26)27)34(30,31)16-8-6-15(7-9-16)32-13-14-4-2-3-5-17(14)20(21,22)23/h2-9,18H,10-13H2,1H3,(H,26,27). The fourth-order valence-electron chi connectivity index (χ4n) is 3.46. The number of hydrogen-bond donors (Lipinski definition) is 1. The van der Waals surface area contributed by atoms with Crippen molar-refractivity contribution in [3.05, 3.63) is 59.7 Å². The van der Waals surface area contributed by atoms with Crippen LogP contribution in [0.5, 0.6) is 5.75 Å². The predicted octanol–water partition coefficient (Wildman–Crippen LogP) is 2.00. The summed E-state index contributed by atoms with van der Waals surface area (Å²) >= 11 is 0. The Morgan fingerprint density at radius 2 is 1.68 bits per heavy atom. The third-order valence-electron chi connectivity index (χ3n) is 5.20. The van der Waals surface area contributed by atoms with Crippen LogP contribution in [0.25, 0.3) is 0 Å². The molecule has 0 amide bonds. The van der Waals surface area contributed by atoms with Crippen LogP contribution in [-0.2, 0) is 37.6 Å². The molecule has 1 heterocycles. The highest BCUT2D eigenvalue weighted by Crippen LogP contribution is 2.32. The first-order chi connectivity index (χ1) is 15.7. The Morgan fingerprint density at radius 1 is 1.06 bits per heavy atom. The summed E-state index contributed by atoms with van der Waals surface area (Å²) in [5, 5.41) is 9.48. The zero-order valence-electron chi connectivity index (χ0n) is 17.8. The molecular formula is C20H21F3N2O7S2. The summed E-state index contributed by atoms with van der Waals surface area (Å²) in [6.45, 7) is -1.51. The number of carboxylic acid groups (broad SMARTS) is 1. The highest BCUT2D eigenvalue weighted by atomic mass is 32.2. The monoisotopic (exact) mass is 522 g/mol. The topological polar surface area (TPSA) is 121 Å². The predicted molar refractivity (Wildman–Crippen MR) is 114 cm³/mol. The third kappa shape index (κ3) is 5.68. The minimum absolute atomic E-state index is 0.0975. The van der Waals surface area contributed by atoms with Gasteiger partial charge in [0.15, 0.2) is 0 Å². The molecule has 1 saturated heterocycles. The van der Waals surface area contributed by atoms with Crippen LogP contribution < -0.4 is 4.74 Å². The van der Waals surface area contributed by atoms with E-state index in [2.05, 4.69) is 0 Å². The lowest BCUT2D eigenvalue weighted by Gasteiger charge is -2.37. The van der Waals surface area contributed by atoms with Crippen LogP contribution in [0, 0.1) is 0 Å². The molecule has 1 atom stereocenters. The highest BCUT2D eigenvalue weighted by molar-refractivity contribution is 7.89. The van der Waals surface area contributed by atoms with E-state index in [0.29, 0.717) is 4.31 Å². The molecule has 34 heavy (non-hydrogen) atoms. The van der Waals surface area contributed by atoms with E-state index in [0.717, 1.165) is 28.8 Å². The number of alkyl halides is 3. The molecule has 0 aromatic heterocycles. The van der Waals surface area contributed by atoms with Gasteiger partial charge in [-0.15, -0.1) is 0 Å². The van der Waals surface area contributed by atoms with E-state index < -0.39 is 56.9 Å². The number of carboxylic acids is 1. The number of piperazine rings is 1. The van der Waals surface area contributed by atoms with Gasteiger partial charge in [-0.2, -0.15) is 21.8 Å². The second-order valence-electron chi connectivity index (χ2n) is 7.51. The number of nitrogens with zero attached hydrogens (tertiary/aromatic N) is 2. The smallest absolute Gasteiger partial charge is 0.416 e. The van der Waals surface area contributed by atoms with E-state index in [4.69, 9.17) is 4.74 Å². The fraction of sp³-hybridized carbons (Fsp3) is 0.350. The number of benzene rings is 2. The van der Waals surface area contributed by atoms with Gasteiger partial charge in [0, 0.05) is 25.2 Å². The van der Waals surface area contributed by atoms with Gasteiger partial charge in [-0.1, -0.05) is 18.2 Å². The number of aliphatic carboxylic acids is 1. The van der Waals surface area contributed by atoms with Crippen LogP contribution in [0.2, 0.25) is 0 Å². The maximum Gasteiger partial charge on any atom is 0.416 e. The van der Waals surface area contributed by atoms with Crippen molar-refractivity contribution in [2.75, 3.05) is 25.9 Å². The molecule has 1 fully saturated rings. The Bertz CT molecular complexity index is 1260. The molecule has 0 spiro atoms. The molecule has 0 bridgehead atoms. The van der Waals surface area contributed by atoms with E-state index in [1.807, 2.05) is 0 Å². The van der Waals surface area contributed by atoms with Crippen LogP contribution >= 0.6 is 0 Å². The third-order valence-corrected chi connectivity index (χ3v) is 8.39. The molecule has 186 valence electrons. The summed E-state index contributed by atoms with van der Waals surface area (Å²) in [6, 6.07) is 8.03. The minimum Gasteiger partial charge on any atom is -0.489 e. The van der Waals surface area contributed by atoms with E-state index in [9.17, 15) is 39.9 Å². The number of hydrogen-bond acceptors (Lipinski definition) is 6. The fourth-order valence-corrected chi connectivity index (χ4v) is 5.85. The van der Waals surface area contributed by atoms with Crippen LogP contribution in [0.3, 0.4) is 0 Å². The number of sulfonamides is 2. The molecule has 1 aliphatic rings. The minimum atomic E-state index is -4.56. The van der Waals surface area contributed by atoms with Gasteiger partial charge in [-0.05, 0) is 30.3 Å². The van der Waals surface area contributed by atoms with Gasteiger partial charge in [0.05, 0.1) is 16.7 Å². The van der Waals surface area contributed by atoms with Gasteiger partial charge in [-0.3, -0.25) is 4.79 Å². The van der Waals surface area contributed by atoms with Gasteiger partial charge in [0.25, 0.3) is 0 Å². The normalized spacial score (nSPS) is 18.5. The second kappa shape index (κ2) is 9.52. The highest BCUT2D eigenvalue weighted by Gasteiger charge is 2.42. The number of ether oxygens (including phenoxy) is 1. The molecule has 1 unspecified atom stereocenters. The van der Waals surface area contributed by atoms with E-state index in [1.165, 1.54) is 30.3 Å². The van der Waals surface area contributed by atoms with E-state index in [-0.39, 0.29) is 29.3 Å². The SMILES string of the molecule is CS(=O)(=O)N1CCN(S(=O)(=O)c2ccc(OCc3ccccc3C(F)(F)F)cc2)C(C(=O)O)C1. The first-order valence-corrected chi connectivity index (χ1v) is 13.1. The summed E-state index contributed by atoms with van der Waals surface area (Å²) in [5.41, 5.74) is -0.943. The first kappa shape index (κ1) is 25.9. The number of carbonyl (C=O) groups is 1. The van der Waals surface area contributed by atoms with Crippen molar-refractivity contribution < 1.29 is 44.6 Å². The quantitative estimate of drug-likeness (QED) is 0.590. The van der Waals surface area contributed by atoms with Gasteiger partial charge in [0.2, 0.25) is 20.0 Å². The molecule has 2 aromatic rings. The zero-order valence-corrected chi connectivity index (χ0v) is 19.4. The average Bonchev–Trinajstić information content (AvgIpc) is 2.76. The average molecular weight is 523 g/mol. The van der Waals surface area contributed by atoms with Crippen molar-refractivity contribution >= 4 is 26.0 Å². The van der Waals surface area contributed by atoms with E-state index >= 15 is 0 Å². The van der Waals surface area contributed by atoms with Crippen LogP contribution in [0.1, 0.15) is 11.1 Å². The zero-order chi connectivity index (χ0) is 25.3. The molecule has 1 N–H and O–H groups in total. The van der Waals surface area contributed by atoms with Crippen LogP contribution in [0.15, 0.2) is 53.4 Å². The molecule has 2 aromatic carbocycles. The maximum absolute atomic E-state index is 13.1. The lowest BCUT2D eigenvalue weighted by atomic mass is 10.1. The molecular weight excluding hydrogens is 501 g/mol. The molecule has 14 heteroatoms. The lowest BCUT2D eigenvalue weighted by molar-refractivity contribution is -0.142. The van der Waals surface area contributed by atoms with Crippen molar-refractivity contribution in [3.63, 3.8) is 0 Å². The van der Waals surface area contributed by atoms with Crippen LogP contribution in [0.4, 0.5) is 13.2 Å². The molecule has 3 rings (SSSR count). The van der Waals surface area contributed by atoms with Gasteiger partial charge >= 0.3 is 12.1 Å². The van der Waals surface area contributed by atoms with Crippen molar-refractivity contribution in [1.82, 2.24) is 8.61 Å². The van der Waals surface area contributed by atoms with Gasteiger partial charge in [-0.25, -0.2) is 16.8 Å². The summed E-state index contributed by atoms with van der Waals surface area (Å²) < 4.78 is 95.9. The number of halogens is 3. The maximum atomic E-state index is 13.1. The lowest BCUT2D eigenvalue weighted by Crippen LogP contribution is -2.59. The summed E-state index contributed by atoms with van der Waals surface area (Å²) in [6.07, 6.45) is -3.65. The molecule has 9 nitrogen and oxygen atoms in total. The number of rotatable bonds is 7.